The maximum absolute atomic E-state index is 6.30. The lowest BCUT2D eigenvalue weighted by atomic mass is 9.98. The zero-order valence-corrected chi connectivity index (χ0v) is 10.5. The van der Waals surface area contributed by atoms with Crippen molar-refractivity contribution in [2.45, 2.75) is 31.7 Å². The summed E-state index contributed by atoms with van der Waals surface area (Å²) in [4.78, 5) is 6.97. The van der Waals surface area contributed by atoms with E-state index in [0.717, 1.165) is 5.56 Å². The lowest BCUT2D eigenvalue weighted by Gasteiger charge is -2.08. The standard InChI is InChI=1S/C14H16N2S/c15-14(11-5-3-7-16-9-11)13-8-10-4-1-2-6-12(10)17-13/h3,5,7-9,14H,1-2,4,6,15H2. The topological polar surface area (TPSA) is 38.9 Å². The second-order valence-corrected chi connectivity index (χ2v) is 5.74. The largest absolute Gasteiger partial charge is 0.320 e. The first kappa shape index (κ1) is 10.9. The molecule has 3 rings (SSSR count). The molecule has 0 aliphatic heterocycles. The summed E-state index contributed by atoms with van der Waals surface area (Å²) in [5, 5.41) is 0. The van der Waals surface area contributed by atoms with Crippen molar-refractivity contribution in [1.82, 2.24) is 4.98 Å². The van der Waals surface area contributed by atoms with Gasteiger partial charge in [0.05, 0.1) is 6.04 Å². The third-order valence-corrected chi connectivity index (χ3v) is 4.69. The van der Waals surface area contributed by atoms with Crippen LogP contribution < -0.4 is 5.73 Å². The van der Waals surface area contributed by atoms with Crippen molar-refractivity contribution in [1.29, 1.82) is 0 Å². The molecule has 0 radical (unpaired) electrons. The van der Waals surface area contributed by atoms with E-state index in [1.807, 2.05) is 23.6 Å². The van der Waals surface area contributed by atoms with Gasteiger partial charge < -0.3 is 5.73 Å². The van der Waals surface area contributed by atoms with Gasteiger partial charge in [-0.2, -0.15) is 0 Å². The molecule has 0 bridgehead atoms. The van der Waals surface area contributed by atoms with Gasteiger partial charge in [-0.3, -0.25) is 4.98 Å². The molecule has 0 fully saturated rings. The van der Waals surface area contributed by atoms with E-state index in [4.69, 9.17) is 5.73 Å². The maximum atomic E-state index is 6.30. The van der Waals surface area contributed by atoms with Crippen molar-refractivity contribution in [3.8, 4) is 0 Å². The van der Waals surface area contributed by atoms with Crippen molar-refractivity contribution >= 4 is 11.3 Å². The number of pyridine rings is 1. The number of hydrogen-bond acceptors (Lipinski definition) is 3. The van der Waals surface area contributed by atoms with Crippen LogP contribution in [0.4, 0.5) is 0 Å². The highest BCUT2D eigenvalue weighted by Gasteiger charge is 2.17. The summed E-state index contributed by atoms with van der Waals surface area (Å²) in [6.45, 7) is 0. The van der Waals surface area contributed by atoms with Crippen molar-refractivity contribution in [3.05, 3.63) is 51.5 Å². The minimum absolute atomic E-state index is 0.0145. The molecule has 0 aromatic carbocycles. The van der Waals surface area contributed by atoms with Crippen molar-refractivity contribution in [2.24, 2.45) is 5.73 Å². The third-order valence-electron chi connectivity index (χ3n) is 3.37. The van der Waals surface area contributed by atoms with E-state index >= 15 is 0 Å². The molecule has 2 aromatic rings. The molecule has 1 aliphatic carbocycles. The smallest absolute Gasteiger partial charge is 0.0661 e. The summed E-state index contributed by atoms with van der Waals surface area (Å²) in [6.07, 6.45) is 8.77. The van der Waals surface area contributed by atoms with Crippen molar-refractivity contribution in [3.63, 3.8) is 0 Å². The van der Waals surface area contributed by atoms with Gasteiger partial charge in [0.1, 0.15) is 0 Å². The van der Waals surface area contributed by atoms with Gasteiger partial charge in [-0.25, -0.2) is 0 Å². The van der Waals surface area contributed by atoms with Crippen LogP contribution in [0.2, 0.25) is 0 Å². The molecule has 0 saturated carbocycles. The Morgan fingerprint density at radius 3 is 2.94 bits per heavy atom. The summed E-state index contributed by atoms with van der Waals surface area (Å²) in [5.74, 6) is 0. The Kier molecular flexibility index (Phi) is 2.95. The Morgan fingerprint density at radius 2 is 2.18 bits per heavy atom. The van der Waals surface area contributed by atoms with Gasteiger partial charge in [0.15, 0.2) is 0 Å². The SMILES string of the molecule is NC(c1cccnc1)c1cc2c(s1)CCCC2. The fourth-order valence-electron chi connectivity index (χ4n) is 2.39. The molecule has 0 saturated heterocycles. The third kappa shape index (κ3) is 2.13. The molecule has 3 heteroatoms. The highest BCUT2D eigenvalue weighted by molar-refractivity contribution is 7.12. The Balaban J connectivity index is 1.91. The first-order valence-corrected chi connectivity index (χ1v) is 6.93. The fourth-order valence-corrected chi connectivity index (χ4v) is 3.68. The average molecular weight is 244 g/mol. The number of thiophene rings is 1. The number of aromatic nitrogens is 1. The first-order valence-electron chi connectivity index (χ1n) is 6.11. The molecule has 1 atom stereocenters. The molecule has 0 amide bonds. The number of rotatable bonds is 2. The summed E-state index contributed by atoms with van der Waals surface area (Å²) >= 11 is 1.89. The van der Waals surface area contributed by atoms with Crippen LogP contribution in [0.3, 0.4) is 0 Å². The Bertz CT molecular complexity index is 481. The second kappa shape index (κ2) is 4.59. The lowest BCUT2D eigenvalue weighted by molar-refractivity contribution is 0.696. The van der Waals surface area contributed by atoms with Crippen molar-refractivity contribution < 1.29 is 0 Å². The van der Waals surface area contributed by atoms with E-state index in [-0.39, 0.29) is 6.04 Å². The maximum Gasteiger partial charge on any atom is 0.0661 e. The van der Waals surface area contributed by atoms with Gasteiger partial charge in [0.25, 0.3) is 0 Å². The molecular weight excluding hydrogens is 228 g/mol. The Morgan fingerprint density at radius 1 is 1.29 bits per heavy atom. The van der Waals surface area contributed by atoms with E-state index in [1.165, 1.54) is 36.1 Å². The van der Waals surface area contributed by atoms with Gasteiger partial charge >= 0.3 is 0 Å². The molecular formula is C14H16N2S. The van der Waals surface area contributed by atoms with Crippen molar-refractivity contribution in [2.75, 3.05) is 0 Å². The Labute approximate surface area is 106 Å². The molecule has 1 aliphatic rings. The van der Waals surface area contributed by atoms with E-state index in [0.29, 0.717) is 0 Å². The Hall–Kier alpha value is -1.19. The van der Waals surface area contributed by atoms with Crippen LogP contribution in [-0.2, 0) is 12.8 Å². The highest BCUT2D eigenvalue weighted by atomic mass is 32.1. The normalized spacial score (nSPS) is 16.5. The molecule has 2 aromatic heterocycles. The zero-order valence-electron chi connectivity index (χ0n) is 9.73. The number of fused-ring (bicyclic) bond motifs is 1. The van der Waals surface area contributed by atoms with Gasteiger partial charge in [0, 0.05) is 22.1 Å². The van der Waals surface area contributed by atoms with Gasteiger partial charge in [-0.1, -0.05) is 6.07 Å². The summed E-state index contributed by atoms with van der Waals surface area (Å²) < 4.78 is 0. The zero-order chi connectivity index (χ0) is 11.7. The van der Waals surface area contributed by atoms with Gasteiger partial charge in [-0.15, -0.1) is 11.3 Å². The molecule has 17 heavy (non-hydrogen) atoms. The monoisotopic (exact) mass is 244 g/mol. The molecule has 88 valence electrons. The summed E-state index contributed by atoms with van der Waals surface area (Å²) in [6, 6.07) is 6.29. The number of nitrogens with two attached hydrogens (primary N) is 1. The van der Waals surface area contributed by atoms with Crippen LogP contribution >= 0.6 is 11.3 Å². The van der Waals surface area contributed by atoms with Gasteiger partial charge in [0.2, 0.25) is 0 Å². The van der Waals surface area contributed by atoms with E-state index in [2.05, 4.69) is 17.1 Å². The van der Waals surface area contributed by atoms with Crippen LogP contribution in [0.15, 0.2) is 30.6 Å². The molecule has 2 N–H and O–H groups in total. The number of aryl methyl sites for hydroxylation is 2. The number of hydrogen-bond donors (Lipinski definition) is 1. The summed E-state index contributed by atoms with van der Waals surface area (Å²) in [7, 11) is 0. The fraction of sp³-hybridized carbons (Fsp3) is 0.357. The minimum atomic E-state index is -0.0145. The van der Waals surface area contributed by atoms with Crippen LogP contribution in [0.25, 0.3) is 0 Å². The van der Waals surface area contributed by atoms with Crippen LogP contribution in [-0.4, -0.2) is 4.98 Å². The van der Waals surface area contributed by atoms with Crippen LogP contribution in [0.1, 0.15) is 39.8 Å². The van der Waals surface area contributed by atoms with Crippen LogP contribution in [0.5, 0.6) is 0 Å². The quantitative estimate of drug-likeness (QED) is 0.881. The first-order chi connectivity index (χ1) is 8.34. The predicted octanol–water partition coefficient (Wildman–Crippen LogP) is 3.07. The number of nitrogens with zero attached hydrogens (tertiary/aromatic N) is 1. The predicted molar refractivity (Wildman–Crippen MR) is 71.2 cm³/mol. The van der Waals surface area contributed by atoms with E-state index in [1.54, 1.807) is 11.1 Å². The average Bonchev–Trinajstić information content (AvgIpc) is 2.82. The second-order valence-electron chi connectivity index (χ2n) is 4.57. The molecule has 1 unspecified atom stereocenters. The summed E-state index contributed by atoms with van der Waals surface area (Å²) in [5.41, 5.74) is 8.93. The lowest BCUT2D eigenvalue weighted by Crippen LogP contribution is -2.10. The van der Waals surface area contributed by atoms with Gasteiger partial charge in [-0.05, 0) is 48.9 Å². The highest BCUT2D eigenvalue weighted by Crippen LogP contribution is 2.34. The molecule has 2 heterocycles. The van der Waals surface area contributed by atoms with E-state index in [9.17, 15) is 0 Å². The molecule has 0 spiro atoms. The minimum Gasteiger partial charge on any atom is -0.320 e. The van der Waals surface area contributed by atoms with E-state index < -0.39 is 0 Å². The van der Waals surface area contributed by atoms with Crippen LogP contribution in [0, 0.1) is 0 Å². The molecule has 2 nitrogen and oxygen atoms in total.